The zero-order chi connectivity index (χ0) is 17.9. The number of nitrogens with zero attached hydrogens (tertiary/aromatic N) is 4. The van der Waals surface area contributed by atoms with Crippen LogP contribution in [0.25, 0.3) is 22.0 Å². The highest BCUT2D eigenvalue weighted by molar-refractivity contribution is 5.88. The zero-order valence-corrected chi connectivity index (χ0v) is 14.7. The minimum Gasteiger partial charge on any atom is -0.375 e. The molecule has 1 aliphatic rings. The van der Waals surface area contributed by atoms with Gasteiger partial charge >= 0.3 is 0 Å². The number of benzene rings is 1. The molecule has 0 radical (unpaired) electrons. The Bertz CT molecular complexity index is 931. The molecule has 1 aromatic carbocycles. The maximum absolute atomic E-state index is 12.3. The van der Waals surface area contributed by atoms with E-state index in [1.54, 1.807) is 4.68 Å². The maximum Gasteiger partial charge on any atom is 0.141 e. The van der Waals surface area contributed by atoms with Gasteiger partial charge in [-0.25, -0.2) is 0 Å². The van der Waals surface area contributed by atoms with Crippen molar-refractivity contribution in [2.24, 2.45) is 7.05 Å². The quantitative estimate of drug-likeness (QED) is 0.751. The summed E-state index contributed by atoms with van der Waals surface area (Å²) in [6.45, 7) is 2.25. The van der Waals surface area contributed by atoms with Crippen LogP contribution in [0.5, 0.6) is 0 Å². The van der Waals surface area contributed by atoms with Crippen molar-refractivity contribution in [2.45, 2.75) is 18.9 Å². The Morgan fingerprint density at radius 1 is 1.35 bits per heavy atom. The summed E-state index contributed by atoms with van der Waals surface area (Å²) in [7, 11) is 1.84. The van der Waals surface area contributed by atoms with E-state index in [9.17, 15) is 4.79 Å². The lowest BCUT2D eigenvalue weighted by molar-refractivity contribution is -0.121. The van der Waals surface area contributed by atoms with E-state index >= 15 is 0 Å². The number of ketones is 1. The van der Waals surface area contributed by atoms with Crippen molar-refractivity contribution >= 4 is 16.6 Å². The lowest BCUT2D eigenvalue weighted by Gasteiger charge is -2.22. The number of carbonyl (C=O) groups excluding carboxylic acids is 1. The van der Waals surface area contributed by atoms with E-state index in [1.165, 1.54) is 0 Å². The third kappa shape index (κ3) is 3.79. The molecule has 0 saturated carbocycles. The molecular weight excluding hydrogens is 330 g/mol. The van der Waals surface area contributed by atoms with Gasteiger partial charge in [0, 0.05) is 55.8 Å². The second kappa shape index (κ2) is 7.31. The molecule has 0 spiro atoms. The van der Waals surface area contributed by atoms with Crippen molar-refractivity contribution in [3.8, 4) is 11.3 Å². The number of morpholine rings is 1. The minimum atomic E-state index is -0.0278. The highest BCUT2D eigenvalue weighted by Gasteiger charge is 2.18. The molecule has 134 valence electrons. The largest absolute Gasteiger partial charge is 0.375 e. The standard InChI is InChI=1S/C19H21N5O2/c1-24-12-19(22-23-24)13-2-3-14-10-21-16(7-15(14)6-13)8-17(25)9-18-11-20-4-5-26-18/h2-3,6-7,10,12,18,20H,4-5,8-9,11H2,1H3. The number of aromatic nitrogens is 4. The third-order valence-electron chi connectivity index (χ3n) is 4.51. The minimum absolute atomic E-state index is 0.0278. The lowest BCUT2D eigenvalue weighted by atomic mass is 10.0. The predicted octanol–water partition coefficient (Wildman–Crippen LogP) is 1.52. The molecule has 3 heterocycles. The monoisotopic (exact) mass is 351 g/mol. The van der Waals surface area contributed by atoms with E-state index in [4.69, 9.17) is 4.74 Å². The van der Waals surface area contributed by atoms with Crippen LogP contribution in [0.15, 0.2) is 36.7 Å². The molecule has 1 saturated heterocycles. The number of carbonyl (C=O) groups is 1. The first-order valence-corrected chi connectivity index (χ1v) is 8.77. The normalized spacial score (nSPS) is 17.5. The Kier molecular flexibility index (Phi) is 4.73. The molecule has 1 atom stereocenters. The Morgan fingerprint density at radius 3 is 3.04 bits per heavy atom. The van der Waals surface area contributed by atoms with Crippen LogP contribution in [0.1, 0.15) is 12.1 Å². The van der Waals surface area contributed by atoms with Crippen molar-refractivity contribution in [1.29, 1.82) is 0 Å². The van der Waals surface area contributed by atoms with E-state index in [0.717, 1.165) is 40.8 Å². The molecule has 1 aliphatic heterocycles. The fourth-order valence-electron chi connectivity index (χ4n) is 3.20. The maximum atomic E-state index is 12.3. The van der Waals surface area contributed by atoms with Gasteiger partial charge in [-0.1, -0.05) is 17.3 Å². The number of ether oxygens (including phenoxy) is 1. The molecule has 26 heavy (non-hydrogen) atoms. The summed E-state index contributed by atoms with van der Waals surface area (Å²) in [5.74, 6) is 0.149. The molecule has 1 unspecified atom stereocenters. The zero-order valence-electron chi connectivity index (χ0n) is 14.7. The van der Waals surface area contributed by atoms with Crippen molar-refractivity contribution in [3.05, 3.63) is 42.4 Å². The molecule has 0 amide bonds. The van der Waals surface area contributed by atoms with Gasteiger partial charge in [0.2, 0.25) is 0 Å². The summed E-state index contributed by atoms with van der Waals surface area (Å²) in [6, 6.07) is 8.06. The Hall–Kier alpha value is -2.64. The molecular formula is C19H21N5O2. The summed E-state index contributed by atoms with van der Waals surface area (Å²) in [6.07, 6.45) is 4.42. The predicted molar refractivity (Wildman–Crippen MR) is 97.7 cm³/mol. The fraction of sp³-hybridized carbons (Fsp3) is 0.368. The Morgan fingerprint density at radius 2 is 2.27 bits per heavy atom. The van der Waals surface area contributed by atoms with Gasteiger partial charge < -0.3 is 10.1 Å². The molecule has 0 bridgehead atoms. The van der Waals surface area contributed by atoms with E-state index in [-0.39, 0.29) is 11.9 Å². The number of aryl methyl sites for hydroxylation is 1. The van der Waals surface area contributed by atoms with Gasteiger partial charge in [0.05, 0.1) is 18.9 Å². The van der Waals surface area contributed by atoms with Crippen LogP contribution in [-0.4, -0.2) is 51.6 Å². The summed E-state index contributed by atoms with van der Waals surface area (Å²) in [5, 5.41) is 13.5. The highest BCUT2D eigenvalue weighted by Crippen LogP contribution is 2.23. The topological polar surface area (TPSA) is 81.9 Å². The van der Waals surface area contributed by atoms with Gasteiger partial charge in [-0.15, -0.1) is 5.10 Å². The van der Waals surface area contributed by atoms with Crippen molar-refractivity contribution in [1.82, 2.24) is 25.3 Å². The number of pyridine rings is 1. The smallest absolute Gasteiger partial charge is 0.141 e. The van der Waals surface area contributed by atoms with Crippen LogP contribution in [0.2, 0.25) is 0 Å². The Labute approximate surface area is 151 Å². The van der Waals surface area contributed by atoms with Crippen LogP contribution in [-0.2, 0) is 23.0 Å². The average molecular weight is 351 g/mol. The number of hydrogen-bond acceptors (Lipinski definition) is 6. The SMILES string of the molecule is Cn1cc(-c2ccc3cnc(CC(=O)CC4CNCCO4)cc3c2)nn1. The molecule has 7 heteroatoms. The van der Waals surface area contributed by atoms with E-state index in [0.29, 0.717) is 19.4 Å². The van der Waals surface area contributed by atoms with Gasteiger partial charge in [-0.3, -0.25) is 14.5 Å². The first-order valence-electron chi connectivity index (χ1n) is 8.77. The van der Waals surface area contributed by atoms with E-state index in [2.05, 4.69) is 26.7 Å². The summed E-state index contributed by atoms with van der Waals surface area (Å²) >= 11 is 0. The Balaban J connectivity index is 1.51. The fourth-order valence-corrected chi connectivity index (χ4v) is 3.20. The van der Waals surface area contributed by atoms with Gasteiger partial charge in [0.15, 0.2) is 0 Å². The van der Waals surface area contributed by atoms with Crippen LogP contribution in [0.4, 0.5) is 0 Å². The van der Waals surface area contributed by atoms with Gasteiger partial charge in [0.25, 0.3) is 0 Å². The second-order valence-electron chi connectivity index (χ2n) is 6.63. The molecule has 1 fully saturated rings. The van der Waals surface area contributed by atoms with Gasteiger partial charge in [0.1, 0.15) is 11.5 Å². The molecule has 0 aliphatic carbocycles. The number of rotatable bonds is 5. The molecule has 2 aromatic heterocycles. The summed E-state index contributed by atoms with van der Waals surface area (Å²) in [5.41, 5.74) is 2.60. The number of nitrogens with one attached hydrogen (secondary N) is 1. The molecule has 4 rings (SSSR count). The highest BCUT2D eigenvalue weighted by atomic mass is 16.5. The van der Waals surface area contributed by atoms with Gasteiger partial charge in [-0.05, 0) is 17.5 Å². The van der Waals surface area contributed by atoms with Gasteiger partial charge in [-0.2, -0.15) is 0 Å². The van der Waals surface area contributed by atoms with Crippen LogP contribution < -0.4 is 5.32 Å². The second-order valence-corrected chi connectivity index (χ2v) is 6.63. The van der Waals surface area contributed by atoms with Crippen molar-refractivity contribution < 1.29 is 9.53 Å². The van der Waals surface area contributed by atoms with Crippen LogP contribution in [0, 0.1) is 0 Å². The number of fused-ring (bicyclic) bond motifs is 1. The first kappa shape index (κ1) is 16.8. The summed E-state index contributed by atoms with van der Waals surface area (Å²) < 4.78 is 7.28. The summed E-state index contributed by atoms with van der Waals surface area (Å²) in [4.78, 5) is 16.8. The first-order chi connectivity index (χ1) is 12.7. The lowest BCUT2D eigenvalue weighted by Crippen LogP contribution is -2.39. The van der Waals surface area contributed by atoms with Crippen molar-refractivity contribution in [3.63, 3.8) is 0 Å². The third-order valence-corrected chi connectivity index (χ3v) is 4.51. The number of hydrogen-bond donors (Lipinski definition) is 1. The molecule has 3 aromatic rings. The van der Waals surface area contributed by atoms with Crippen LogP contribution in [0.3, 0.4) is 0 Å². The molecule has 1 N–H and O–H groups in total. The average Bonchev–Trinajstić information content (AvgIpc) is 3.08. The van der Waals surface area contributed by atoms with Crippen molar-refractivity contribution in [2.75, 3.05) is 19.7 Å². The number of Topliss-reactive ketones (excluding diaryl/α,β-unsaturated/α-hetero) is 1. The van der Waals surface area contributed by atoms with E-state index in [1.807, 2.05) is 37.6 Å². The van der Waals surface area contributed by atoms with Crippen LogP contribution >= 0.6 is 0 Å². The van der Waals surface area contributed by atoms with E-state index < -0.39 is 0 Å². The molecule has 7 nitrogen and oxygen atoms in total.